The lowest BCUT2D eigenvalue weighted by atomic mass is 10.1. The van der Waals surface area contributed by atoms with Gasteiger partial charge in [0.05, 0.1) is 18.4 Å². The minimum absolute atomic E-state index is 0.346. The molecule has 0 bridgehead atoms. The van der Waals surface area contributed by atoms with Crippen LogP contribution in [0.1, 0.15) is 38.4 Å². The fraction of sp³-hybridized carbons (Fsp3) is 0.217. The van der Waals surface area contributed by atoms with Gasteiger partial charge in [0.15, 0.2) is 0 Å². The summed E-state index contributed by atoms with van der Waals surface area (Å²) in [5.74, 6) is -0.346. The lowest BCUT2D eigenvalue weighted by Gasteiger charge is -2.11. The molecule has 28 heavy (non-hydrogen) atoms. The quantitative estimate of drug-likeness (QED) is 0.264. The molecule has 1 heterocycles. The smallest absolute Gasteiger partial charge is 0.338 e. The molecule has 0 spiro atoms. The molecule has 1 aromatic heterocycles. The fourth-order valence-electron chi connectivity index (χ4n) is 3.32. The second-order valence-electron chi connectivity index (χ2n) is 6.79. The largest absolute Gasteiger partial charge is 0.465 e. The number of carbonyl (C=O) groups excluding carboxylic acids is 1. The average molecular weight is 486 g/mol. The third kappa shape index (κ3) is 3.90. The Hall–Kier alpha value is -2.41. The Morgan fingerprint density at radius 1 is 1.11 bits per heavy atom. The Kier molecular flexibility index (Phi) is 6.03. The minimum Gasteiger partial charge on any atom is -0.465 e. The van der Waals surface area contributed by atoms with Crippen molar-refractivity contribution in [1.82, 2.24) is 4.57 Å². The van der Waals surface area contributed by atoms with E-state index in [0.29, 0.717) is 5.56 Å². The fourth-order valence-corrected chi connectivity index (χ4v) is 3.65. The Labute approximate surface area is 179 Å². The van der Waals surface area contributed by atoms with Gasteiger partial charge in [-0.25, -0.2) is 4.79 Å². The van der Waals surface area contributed by atoms with Crippen molar-refractivity contribution in [3.63, 3.8) is 0 Å². The molecule has 0 aliphatic rings. The third-order valence-corrected chi connectivity index (χ3v) is 6.13. The van der Waals surface area contributed by atoms with Crippen molar-refractivity contribution in [2.24, 2.45) is 4.99 Å². The lowest BCUT2D eigenvalue weighted by molar-refractivity contribution is 0.0600. The summed E-state index contributed by atoms with van der Waals surface area (Å²) in [5, 5.41) is 0. The number of esters is 1. The Morgan fingerprint density at radius 2 is 1.86 bits per heavy atom. The summed E-state index contributed by atoms with van der Waals surface area (Å²) in [6, 6.07) is 14.1. The Morgan fingerprint density at radius 3 is 2.54 bits per heavy atom. The van der Waals surface area contributed by atoms with Gasteiger partial charge in [-0.3, -0.25) is 4.99 Å². The predicted octanol–water partition coefficient (Wildman–Crippen LogP) is 5.85. The predicted molar refractivity (Wildman–Crippen MR) is 122 cm³/mol. The number of hydrogen-bond donors (Lipinski definition) is 0. The van der Waals surface area contributed by atoms with Crippen LogP contribution in [-0.4, -0.2) is 23.9 Å². The molecule has 4 nitrogen and oxygen atoms in total. The van der Waals surface area contributed by atoms with E-state index in [2.05, 4.69) is 77.2 Å². The first-order valence-corrected chi connectivity index (χ1v) is 10.1. The molecular formula is C23H23IN2O2. The first kappa shape index (κ1) is 20.3. The molecule has 5 heteroatoms. The van der Waals surface area contributed by atoms with Crippen molar-refractivity contribution in [2.45, 2.75) is 27.7 Å². The average Bonchev–Trinajstić information content (AvgIpc) is 2.96. The molecule has 2 aromatic carbocycles. The highest BCUT2D eigenvalue weighted by Gasteiger charge is 2.13. The van der Waals surface area contributed by atoms with Gasteiger partial charge in [-0.05, 0) is 97.8 Å². The molecule has 0 unspecified atom stereocenters. The van der Waals surface area contributed by atoms with E-state index in [4.69, 9.17) is 4.74 Å². The highest BCUT2D eigenvalue weighted by molar-refractivity contribution is 14.1. The van der Waals surface area contributed by atoms with Gasteiger partial charge in [-0.15, -0.1) is 0 Å². The molecule has 3 rings (SSSR count). The van der Waals surface area contributed by atoms with Crippen LogP contribution in [0, 0.1) is 31.3 Å². The van der Waals surface area contributed by atoms with Gasteiger partial charge in [0.2, 0.25) is 0 Å². The zero-order valence-electron chi connectivity index (χ0n) is 16.7. The van der Waals surface area contributed by atoms with Gasteiger partial charge in [0.25, 0.3) is 0 Å². The van der Waals surface area contributed by atoms with E-state index in [9.17, 15) is 4.79 Å². The van der Waals surface area contributed by atoms with Crippen LogP contribution in [-0.2, 0) is 4.74 Å². The first-order chi connectivity index (χ1) is 13.3. The summed E-state index contributed by atoms with van der Waals surface area (Å²) < 4.78 is 8.34. The summed E-state index contributed by atoms with van der Waals surface area (Å²) in [7, 11) is 1.39. The number of hydrogen-bond acceptors (Lipinski definition) is 3. The standard InChI is InChI=1S/C23H23IN2O2/c1-14-11-19(9-10-21(14)24)26-15(2)12-18(17(26)4)13-25-22-8-6-7-20(16(22)3)23(27)28-5/h6-13H,1-5H3. The molecular weight excluding hydrogens is 463 g/mol. The summed E-state index contributed by atoms with van der Waals surface area (Å²) in [5.41, 5.74) is 7.86. The van der Waals surface area contributed by atoms with Crippen molar-refractivity contribution >= 4 is 40.5 Å². The number of aliphatic imine (C=N–C) groups is 1. The van der Waals surface area contributed by atoms with Crippen molar-refractivity contribution in [3.8, 4) is 5.69 Å². The lowest BCUT2D eigenvalue weighted by Crippen LogP contribution is -2.03. The maximum absolute atomic E-state index is 11.9. The number of nitrogens with zero attached hydrogens (tertiary/aromatic N) is 2. The van der Waals surface area contributed by atoms with Gasteiger partial charge in [0, 0.05) is 32.4 Å². The van der Waals surface area contributed by atoms with Crippen LogP contribution in [0.15, 0.2) is 47.5 Å². The van der Waals surface area contributed by atoms with Gasteiger partial charge in [0.1, 0.15) is 0 Å². The zero-order valence-corrected chi connectivity index (χ0v) is 18.9. The highest BCUT2D eigenvalue weighted by atomic mass is 127. The molecule has 3 aromatic rings. The van der Waals surface area contributed by atoms with Crippen LogP contribution in [0.4, 0.5) is 5.69 Å². The first-order valence-electron chi connectivity index (χ1n) is 9.01. The second kappa shape index (κ2) is 8.31. The van der Waals surface area contributed by atoms with Crippen LogP contribution in [0.3, 0.4) is 0 Å². The van der Waals surface area contributed by atoms with Gasteiger partial charge in [-0.1, -0.05) is 6.07 Å². The van der Waals surface area contributed by atoms with E-state index in [1.54, 1.807) is 6.07 Å². The number of benzene rings is 2. The number of halogens is 1. The van der Waals surface area contributed by atoms with Crippen LogP contribution in [0.2, 0.25) is 0 Å². The number of rotatable bonds is 4. The van der Waals surface area contributed by atoms with Crippen molar-refractivity contribution in [1.29, 1.82) is 0 Å². The molecule has 0 N–H and O–H groups in total. The monoisotopic (exact) mass is 486 g/mol. The molecule has 0 saturated heterocycles. The number of aromatic nitrogens is 1. The van der Waals surface area contributed by atoms with Crippen LogP contribution in [0.5, 0.6) is 0 Å². The molecule has 0 fully saturated rings. The maximum atomic E-state index is 11.9. The van der Waals surface area contributed by atoms with E-state index in [1.807, 2.05) is 25.3 Å². The maximum Gasteiger partial charge on any atom is 0.338 e. The SMILES string of the molecule is COC(=O)c1cccc(N=Cc2cc(C)n(-c3ccc(I)c(C)c3)c2C)c1C. The summed E-state index contributed by atoms with van der Waals surface area (Å²) in [4.78, 5) is 16.5. The Balaban J connectivity index is 1.99. The Bertz CT molecular complexity index is 1080. The van der Waals surface area contributed by atoms with E-state index in [0.717, 1.165) is 33.9 Å². The molecule has 144 valence electrons. The number of aryl methyl sites for hydroxylation is 2. The van der Waals surface area contributed by atoms with Gasteiger partial charge < -0.3 is 9.30 Å². The molecule has 0 amide bonds. The topological polar surface area (TPSA) is 43.6 Å². The van der Waals surface area contributed by atoms with Crippen LogP contribution < -0.4 is 0 Å². The van der Waals surface area contributed by atoms with E-state index < -0.39 is 0 Å². The van der Waals surface area contributed by atoms with E-state index >= 15 is 0 Å². The molecule has 0 saturated carbocycles. The highest BCUT2D eigenvalue weighted by Crippen LogP contribution is 2.25. The molecule has 0 aliphatic heterocycles. The van der Waals surface area contributed by atoms with Crippen LogP contribution in [0.25, 0.3) is 5.69 Å². The van der Waals surface area contributed by atoms with Crippen molar-refractivity contribution in [2.75, 3.05) is 7.11 Å². The summed E-state index contributed by atoms with van der Waals surface area (Å²) >= 11 is 2.35. The molecule has 0 atom stereocenters. The van der Waals surface area contributed by atoms with E-state index in [1.165, 1.54) is 16.2 Å². The van der Waals surface area contributed by atoms with E-state index in [-0.39, 0.29) is 5.97 Å². The normalized spacial score (nSPS) is 11.2. The summed E-state index contributed by atoms with van der Waals surface area (Å²) in [6.45, 7) is 8.20. The van der Waals surface area contributed by atoms with Crippen molar-refractivity contribution < 1.29 is 9.53 Å². The minimum atomic E-state index is -0.346. The van der Waals surface area contributed by atoms with Gasteiger partial charge in [-0.2, -0.15) is 0 Å². The van der Waals surface area contributed by atoms with Gasteiger partial charge >= 0.3 is 5.97 Å². The molecule has 0 aliphatic carbocycles. The number of methoxy groups -OCH3 is 1. The van der Waals surface area contributed by atoms with Crippen LogP contribution >= 0.6 is 22.6 Å². The van der Waals surface area contributed by atoms with Crippen molar-refractivity contribution in [3.05, 3.63) is 79.7 Å². The number of ether oxygens (including phenoxy) is 1. The second-order valence-corrected chi connectivity index (χ2v) is 7.96. The molecule has 0 radical (unpaired) electrons. The zero-order chi connectivity index (χ0) is 20.4. The summed E-state index contributed by atoms with van der Waals surface area (Å²) in [6.07, 6.45) is 1.86. The third-order valence-electron chi connectivity index (χ3n) is 4.92. The number of carbonyl (C=O) groups is 1.